The predicted molar refractivity (Wildman–Crippen MR) is 80.7 cm³/mol. The largest absolute Gasteiger partial charge is 0.378 e. The summed E-state index contributed by atoms with van der Waals surface area (Å²) in [6.07, 6.45) is 8.79. The van der Waals surface area contributed by atoms with Gasteiger partial charge in [-0.1, -0.05) is 12.2 Å². The molecule has 2 aliphatic carbocycles. The summed E-state index contributed by atoms with van der Waals surface area (Å²) < 4.78 is 5.37. The Morgan fingerprint density at radius 1 is 1.24 bits per heavy atom. The molecule has 1 aromatic rings. The number of hydrogen-bond acceptors (Lipinski definition) is 4. The summed E-state index contributed by atoms with van der Waals surface area (Å²) in [6.45, 7) is 2.97. The number of Topliss-reactive ketones (excluding diaryl/α,β-unsaturated/α-hetero) is 1. The van der Waals surface area contributed by atoms with Crippen molar-refractivity contribution in [3.05, 3.63) is 40.4 Å². The lowest BCUT2D eigenvalue weighted by Gasteiger charge is -2.32. The van der Waals surface area contributed by atoms with E-state index in [4.69, 9.17) is 9.72 Å². The van der Waals surface area contributed by atoms with Crippen LogP contribution in [0.4, 0.5) is 0 Å². The lowest BCUT2D eigenvalue weighted by atomic mass is 9.93. The highest BCUT2D eigenvalue weighted by molar-refractivity contribution is 6.02. The van der Waals surface area contributed by atoms with Gasteiger partial charge in [0.15, 0.2) is 5.78 Å². The minimum atomic E-state index is 0.200. The number of allylic oxidation sites excluding steroid dienone is 2. The molecule has 0 amide bonds. The molecule has 1 aromatic heterocycles. The molecule has 0 saturated carbocycles. The molecule has 4 nitrogen and oxygen atoms in total. The topological polar surface area (TPSA) is 42.4 Å². The van der Waals surface area contributed by atoms with Crippen LogP contribution in [-0.4, -0.2) is 42.0 Å². The van der Waals surface area contributed by atoms with Crippen molar-refractivity contribution < 1.29 is 9.53 Å². The highest BCUT2D eigenvalue weighted by atomic mass is 16.5. The van der Waals surface area contributed by atoms with E-state index in [0.29, 0.717) is 19.6 Å². The summed E-state index contributed by atoms with van der Waals surface area (Å²) in [4.78, 5) is 19.4. The molecule has 0 unspecified atom stereocenters. The van der Waals surface area contributed by atoms with Gasteiger partial charge in [-0.2, -0.15) is 0 Å². The Kier molecular flexibility index (Phi) is 3.11. The third-order valence-electron chi connectivity index (χ3n) is 4.35. The molecule has 0 atom stereocenters. The lowest BCUT2D eigenvalue weighted by Crippen LogP contribution is -2.39. The zero-order valence-corrected chi connectivity index (χ0v) is 12.0. The molecule has 1 saturated heterocycles. The minimum absolute atomic E-state index is 0.200. The average molecular weight is 282 g/mol. The molecule has 21 heavy (non-hydrogen) atoms. The van der Waals surface area contributed by atoms with E-state index in [1.165, 1.54) is 5.56 Å². The van der Waals surface area contributed by atoms with Crippen molar-refractivity contribution in [1.29, 1.82) is 0 Å². The standard InChI is InChI=1S/C17H18N2O2/c20-17-10-13-9-12-3-1-2-4-14(12)18-15(13)11-16(17)19-5-7-21-8-6-19/h1,3,9,11H,2,4-8,10H2. The van der Waals surface area contributed by atoms with E-state index >= 15 is 0 Å². The van der Waals surface area contributed by atoms with Crippen LogP contribution in [0.1, 0.15) is 28.9 Å². The second kappa shape index (κ2) is 5.11. The average Bonchev–Trinajstić information content (AvgIpc) is 2.53. The first-order valence-corrected chi connectivity index (χ1v) is 7.58. The molecule has 108 valence electrons. The number of carbonyl (C=O) groups is 1. The Bertz CT molecular complexity index is 655. The fourth-order valence-electron chi connectivity index (χ4n) is 3.21. The highest BCUT2D eigenvalue weighted by Crippen LogP contribution is 2.27. The van der Waals surface area contributed by atoms with Gasteiger partial charge in [-0.25, -0.2) is 0 Å². The molecule has 1 fully saturated rings. The Morgan fingerprint density at radius 3 is 2.95 bits per heavy atom. The molecule has 4 heteroatoms. The van der Waals surface area contributed by atoms with Gasteiger partial charge in [-0.3, -0.25) is 9.78 Å². The first kappa shape index (κ1) is 12.8. The molecular formula is C17H18N2O2. The predicted octanol–water partition coefficient (Wildman–Crippen LogP) is 1.84. The summed E-state index contributed by atoms with van der Waals surface area (Å²) in [5, 5.41) is 0. The van der Waals surface area contributed by atoms with Crippen LogP contribution >= 0.6 is 0 Å². The molecule has 0 radical (unpaired) electrons. The van der Waals surface area contributed by atoms with Crippen LogP contribution in [0.3, 0.4) is 0 Å². The number of aryl methyl sites for hydroxylation is 1. The van der Waals surface area contributed by atoms with Gasteiger partial charge in [-0.15, -0.1) is 0 Å². The zero-order valence-electron chi connectivity index (χ0n) is 12.0. The van der Waals surface area contributed by atoms with Gasteiger partial charge in [0.2, 0.25) is 0 Å². The van der Waals surface area contributed by atoms with Crippen molar-refractivity contribution in [1.82, 2.24) is 9.88 Å². The van der Waals surface area contributed by atoms with E-state index < -0.39 is 0 Å². The Morgan fingerprint density at radius 2 is 2.10 bits per heavy atom. The van der Waals surface area contributed by atoms with Gasteiger partial charge >= 0.3 is 0 Å². The van der Waals surface area contributed by atoms with Crippen LogP contribution in [0.25, 0.3) is 12.2 Å². The molecule has 3 aliphatic rings. The normalized spacial score (nSPS) is 20.9. The fourth-order valence-corrected chi connectivity index (χ4v) is 3.21. The van der Waals surface area contributed by atoms with Crippen LogP contribution in [0.15, 0.2) is 17.8 Å². The molecule has 0 N–H and O–H groups in total. The number of aromatic nitrogens is 1. The second-order valence-electron chi connectivity index (χ2n) is 5.74. The third-order valence-corrected chi connectivity index (χ3v) is 4.35. The van der Waals surface area contributed by atoms with Gasteiger partial charge in [-0.05, 0) is 36.1 Å². The number of nitrogens with zero attached hydrogens (tertiary/aromatic N) is 2. The first-order valence-electron chi connectivity index (χ1n) is 7.58. The van der Waals surface area contributed by atoms with Crippen molar-refractivity contribution >= 4 is 17.9 Å². The maximum absolute atomic E-state index is 12.4. The third kappa shape index (κ3) is 2.29. The molecule has 0 bridgehead atoms. The SMILES string of the molecule is O=C1Cc2cc3c(nc2C=C1N1CCOCC1)CCC=C3. The number of fused-ring (bicyclic) bond motifs is 2. The van der Waals surface area contributed by atoms with Crippen molar-refractivity contribution in [2.75, 3.05) is 26.3 Å². The molecule has 1 aliphatic heterocycles. The lowest BCUT2D eigenvalue weighted by molar-refractivity contribution is -0.117. The fraction of sp³-hybridized carbons (Fsp3) is 0.412. The van der Waals surface area contributed by atoms with E-state index in [9.17, 15) is 4.79 Å². The number of ketones is 1. The molecule has 0 spiro atoms. The van der Waals surface area contributed by atoms with Crippen molar-refractivity contribution in [3.63, 3.8) is 0 Å². The van der Waals surface area contributed by atoms with Gasteiger partial charge < -0.3 is 9.64 Å². The van der Waals surface area contributed by atoms with Gasteiger partial charge in [0.25, 0.3) is 0 Å². The maximum Gasteiger partial charge on any atom is 0.183 e. The number of ether oxygens (including phenoxy) is 1. The molecule has 2 heterocycles. The number of morpholine rings is 1. The van der Waals surface area contributed by atoms with Gasteiger partial charge in [0.1, 0.15) is 0 Å². The summed E-state index contributed by atoms with van der Waals surface area (Å²) in [7, 11) is 0. The van der Waals surface area contributed by atoms with Crippen molar-refractivity contribution in [2.45, 2.75) is 19.3 Å². The Labute approximate surface area is 124 Å². The highest BCUT2D eigenvalue weighted by Gasteiger charge is 2.26. The first-order chi connectivity index (χ1) is 10.3. The van der Waals surface area contributed by atoms with E-state index in [1.54, 1.807) is 0 Å². The van der Waals surface area contributed by atoms with Crippen molar-refractivity contribution in [2.24, 2.45) is 0 Å². The van der Waals surface area contributed by atoms with Crippen LogP contribution in [0, 0.1) is 0 Å². The Balaban J connectivity index is 1.73. The number of pyridine rings is 1. The summed E-state index contributed by atoms with van der Waals surface area (Å²) in [5.41, 5.74) is 5.18. The second-order valence-corrected chi connectivity index (χ2v) is 5.74. The number of carbonyl (C=O) groups excluding carboxylic acids is 1. The molecule has 4 rings (SSSR count). The smallest absolute Gasteiger partial charge is 0.183 e. The van der Waals surface area contributed by atoms with E-state index in [-0.39, 0.29) is 5.78 Å². The Hall–Kier alpha value is -1.94. The van der Waals surface area contributed by atoms with E-state index in [2.05, 4.69) is 23.1 Å². The van der Waals surface area contributed by atoms with Crippen LogP contribution < -0.4 is 0 Å². The van der Waals surface area contributed by atoms with Gasteiger partial charge in [0.05, 0.1) is 24.6 Å². The summed E-state index contributed by atoms with van der Waals surface area (Å²) in [5.74, 6) is 0.200. The van der Waals surface area contributed by atoms with Gasteiger partial charge in [0, 0.05) is 25.2 Å². The quantitative estimate of drug-likeness (QED) is 0.788. The van der Waals surface area contributed by atoms with Crippen molar-refractivity contribution in [3.8, 4) is 0 Å². The molecular weight excluding hydrogens is 264 g/mol. The summed E-state index contributed by atoms with van der Waals surface area (Å²) in [6, 6.07) is 2.14. The van der Waals surface area contributed by atoms with Crippen LogP contribution in [0.5, 0.6) is 0 Å². The summed E-state index contributed by atoms with van der Waals surface area (Å²) >= 11 is 0. The van der Waals surface area contributed by atoms with Crippen LogP contribution in [0.2, 0.25) is 0 Å². The van der Waals surface area contributed by atoms with Crippen LogP contribution in [-0.2, 0) is 22.4 Å². The minimum Gasteiger partial charge on any atom is -0.378 e. The maximum atomic E-state index is 12.4. The molecule has 0 aromatic carbocycles. The monoisotopic (exact) mass is 282 g/mol. The van der Waals surface area contributed by atoms with E-state index in [0.717, 1.165) is 48.6 Å². The number of rotatable bonds is 1. The zero-order chi connectivity index (χ0) is 14.2. The van der Waals surface area contributed by atoms with E-state index in [1.807, 2.05) is 6.08 Å². The number of hydrogen-bond donors (Lipinski definition) is 0.